The molecule has 1 atom stereocenters. The molecule has 1 aliphatic heterocycles. The number of nitrogens with one attached hydrogen (secondary N) is 2. The van der Waals surface area contributed by atoms with Crippen molar-refractivity contribution in [3.05, 3.63) is 58.1 Å². The number of hydrogen-bond acceptors (Lipinski definition) is 9. The quantitative estimate of drug-likeness (QED) is 0.302. The standard InChI is InChI=1S/C19H17N5O6S/c1-10(12-7-6-11(25)8-15(12)26)22-23-19-21-18(28)16(31-19)9-17(27)20-13-4-2-3-5-14(13)24(29)30/h2-8,16,25-26H,9H2,1H3,(H,20,27)(H,21,23,28)/b22-10-/t16-/m0/s1. The van der Waals surface area contributed by atoms with Gasteiger partial charge >= 0.3 is 0 Å². The molecule has 1 fully saturated rings. The summed E-state index contributed by atoms with van der Waals surface area (Å²) in [5, 5.41) is 42.5. The molecule has 1 aliphatic rings. The molecule has 12 heteroatoms. The van der Waals surface area contributed by atoms with Crippen LogP contribution in [0.2, 0.25) is 0 Å². The largest absolute Gasteiger partial charge is 0.508 e. The number of anilines is 1. The lowest BCUT2D eigenvalue weighted by molar-refractivity contribution is -0.383. The molecule has 2 amide bonds. The predicted molar refractivity (Wildman–Crippen MR) is 115 cm³/mol. The Bertz CT molecular complexity index is 1120. The first kappa shape index (κ1) is 21.8. The third kappa shape index (κ3) is 5.36. The van der Waals surface area contributed by atoms with Crippen molar-refractivity contribution < 1.29 is 24.7 Å². The van der Waals surface area contributed by atoms with Gasteiger partial charge in [0.05, 0.1) is 10.6 Å². The minimum Gasteiger partial charge on any atom is -0.508 e. The number of aromatic hydroxyl groups is 2. The second kappa shape index (κ2) is 9.26. The minimum absolute atomic E-state index is 0.0451. The summed E-state index contributed by atoms with van der Waals surface area (Å²) in [6.07, 6.45) is -0.219. The summed E-state index contributed by atoms with van der Waals surface area (Å²) in [5.41, 5.74) is 0.502. The van der Waals surface area contributed by atoms with Crippen LogP contribution < -0.4 is 10.6 Å². The van der Waals surface area contributed by atoms with E-state index in [0.717, 1.165) is 11.8 Å². The van der Waals surface area contributed by atoms with Gasteiger partial charge in [-0.25, -0.2) is 0 Å². The van der Waals surface area contributed by atoms with Gasteiger partial charge in [-0.1, -0.05) is 23.9 Å². The number of nitro groups is 1. The maximum atomic E-state index is 12.3. The first-order valence-corrected chi connectivity index (χ1v) is 9.78. The van der Waals surface area contributed by atoms with Crippen LogP contribution in [-0.2, 0) is 9.59 Å². The molecule has 2 aromatic rings. The minimum atomic E-state index is -0.779. The lowest BCUT2D eigenvalue weighted by atomic mass is 10.1. The molecule has 0 aromatic heterocycles. The Morgan fingerprint density at radius 1 is 1.29 bits per heavy atom. The number of phenolic OH excluding ortho intramolecular Hbond substituents is 2. The first-order chi connectivity index (χ1) is 14.7. The van der Waals surface area contributed by atoms with Crippen molar-refractivity contribution in [2.24, 2.45) is 10.2 Å². The lowest BCUT2D eigenvalue weighted by Gasteiger charge is -2.07. The molecule has 1 heterocycles. The molecule has 0 unspecified atom stereocenters. The average Bonchev–Trinajstić information content (AvgIpc) is 3.05. The number of nitrogens with zero attached hydrogens (tertiary/aromatic N) is 3. The smallest absolute Gasteiger partial charge is 0.292 e. The van der Waals surface area contributed by atoms with E-state index in [1.807, 2.05) is 0 Å². The second-order valence-electron chi connectivity index (χ2n) is 6.41. The maximum Gasteiger partial charge on any atom is 0.292 e. The third-order valence-electron chi connectivity index (χ3n) is 4.18. The van der Waals surface area contributed by atoms with Crippen LogP contribution in [-0.4, -0.2) is 43.1 Å². The summed E-state index contributed by atoms with van der Waals surface area (Å²) in [6.45, 7) is 1.59. The number of amidine groups is 1. The Balaban J connectivity index is 1.65. The molecule has 31 heavy (non-hydrogen) atoms. The van der Waals surface area contributed by atoms with E-state index < -0.39 is 22.0 Å². The van der Waals surface area contributed by atoms with Crippen LogP contribution in [0.4, 0.5) is 11.4 Å². The fourth-order valence-corrected chi connectivity index (χ4v) is 3.61. The monoisotopic (exact) mass is 443 g/mol. The molecule has 0 bridgehead atoms. The van der Waals surface area contributed by atoms with E-state index in [2.05, 4.69) is 20.8 Å². The average molecular weight is 443 g/mol. The number of phenols is 2. The van der Waals surface area contributed by atoms with E-state index >= 15 is 0 Å². The fourth-order valence-electron chi connectivity index (χ4n) is 2.69. The highest BCUT2D eigenvalue weighted by Crippen LogP contribution is 2.27. The van der Waals surface area contributed by atoms with E-state index in [4.69, 9.17) is 0 Å². The van der Waals surface area contributed by atoms with Crippen molar-refractivity contribution >= 4 is 45.8 Å². The van der Waals surface area contributed by atoms with Gasteiger partial charge in [-0.3, -0.25) is 19.7 Å². The number of thioether (sulfide) groups is 1. The number of benzene rings is 2. The molecule has 3 rings (SSSR count). The van der Waals surface area contributed by atoms with Gasteiger partial charge in [-0.05, 0) is 25.1 Å². The fraction of sp³-hybridized carbons (Fsp3) is 0.158. The summed E-state index contributed by atoms with van der Waals surface area (Å²) in [7, 11) is 0. The molecule has 0 radical (unpaired) electrons. The highest BCUT2D eigenvalue weighted by Gasteiger charge is 2.32. The van der Waals surface area contributed by atoms with Gasteiger partial charge in [0.2, 0.25) is 11.8 Å². The van der Waals surface area contributed by atoms with E-state index in [0.29, 0.717) is 11.3 Å². The number of carbonyl (C=O) groups is 2. The zero-order valence-corrected chi connectivity index (χ0v) is 16.9. The number of para-hydroxylation sites is 2. The molecule has 11 nitrogen and oxygen atoms in total. The van der Waals surface area contributed by atoms with Crippen molar-refractivity contribution in [2.75, 3.05) is 5.32 Å². The Kier molecular flexibility index (Phi) is 6.50. The maximum absolute atomic E-state index is 12.3. The highest BCUT2D eigenvalue weighted by molar-refractivity contribution is 8.15. The van der Waals surface area contributed by atoms with Crippen LogP contribution in [0.15, 0.2) is 52.7 Å². The predicted octanol–water partition coefficient (Wildman–Crippen LogP) is 2.35. The van der Waals surface area contributed by atoms with Crippen molar-refractivity contribution in [2.45, 2.75) is 18.6 Å². The Labute approximate surface area is 180 Å². The molecule has 1 saturated heterocycles. The second-order valence-corrected chi connectivity index (χ2v) is 7.61. The lowest BCUT2D eigenvalue weighted by Crippen LogP contribution is -2.28. The van der Waals surface area contributed by atoms with Crippen LogP contribution >= 0.6 is 11.8 Å². The topological polar surface area (TPSA) is 167 Å². The van der Waals surface area contributed by atoms with Crippen molar-refractivity contribution in [3.8, 4) is 11.5 Å². The highest BCUT2D eigenvalue weighted by atomic mass is 32.2. The molecular formula is C19H17N5O6S. The van der Waals surface area contributed by atoms with E-state index in [1.165, 1.54) is 36.4 Å². The Hall–Kier alpha value is -3.93. The number of amides is 2. The van der Waals surface area contributed by atoms with Gasteiger partial charge < -0.3 is 20.8 Å². The summed E-state index contributed by atoms with van der Waals surface area (Å²) >= 11 is 0.997. The van der Waals surface area contributed by atoms with Gasteiger partial charge in [0.1, 0.15) is 22.4 Å². The SMILES string of the molecule is C/C(=N/N=C1\NC(=O)[C@H](CC(=O)Nc2ccccc2[N+](=O)[O-])S1)c1ccc(O)cc1O. The Morgan fingerprint density at radius 3 is 2.74 bits per heavy atom. The summed E-state index contributed by atoms with van der Waals surface area (Å²) in [5.74, 6) is -1.27. The van der Waals surface area contributed by atoms with Crippen molar-refractivity contribution in [3.63, 3.8) is 0 Å². The van der Waals surface area contributed by atoms with Gasteiger partial charge in [0.25, 0.3) is 5.69 Å². The van der Waals surface area contributed by atoms with Crippen LogP contribution in [0, 0.1) is 10.1 Å². The molecule has 160 valence electrons. The number of nitro benzene ring substituents is 1. The van der Waals surface area contributed by atoms with Gasteiger partial charge in [-0.2, -0.15) is 5.10 Å². The zero-order valence-electron chi connectivity index (χ0n) is 16.1. The number of hydrogen-bond donors (Lipinski definition) is 4. The van der Waals surface area contributed by atoms with Crippen LogP contribution in [0.5, 0.6) is 11.5 Å². The summed E-state index contributed by atoms with van der Waals surface area (Å²) in [6, 6.07) is 9.73. The summed E-state index contributed by atoms with van der Waals surface area (Å²) < 4.78 is 0. The van der Waals surface area contributed by atoms with Gasteiger partial charge in [-0.15, -0.1) is 5.10 Å². The van der Waals surface area contributed by atoms with E-state index in [9.17, 15) is 29.9 Å². The normalized spacial score (nSPS) is 17.5. The number of carbonyl (C=O) groups excluding carboxylic acids is 2. The van der Waals surface area contributed by atoms with Gasteiger partial charge in [0.15, 0.2) is 5.17 Å². The van der Waals surface area contributed by atoms with Crippen molar-refractivity contribution in [1.29, 1.82) is 0 Å². The third-order valence-corrected chi connectivity index (χ3v) is 5.26. The van der Waals surface area contributed by atoms with Gasteiger partial charge in [0, 0.05) is 24.1 Å². The number of rotatable bonds is 6. The molecule has 0 aliphatic carbocycles. The molecule has 4 N–H and O–H groups in total. The zero-order chi connectivity index (χ0) is 22.5. The van der Waals surface area contributed by atoms with Crippen LogP contribution in [0.1, 0.15) is 18.9 Å². The molecular weight excluding hydrogens is 426 g/mol. The van der Waals surface area contributed by atoms with E-state index in [1.54, 1.807) is 13.0 Å². The first-order valence-electron chi connectivity index (χ1n) is 8.90. The molecule has 0 spiro atoms. The molecule has 2 aromatic carbocycles. The van der Waals surface area contributed by atoms with Crippen LogP contribution in [0.3, 0.4) is 0 Å². The van der Waals surface area contributed by atoms with E-state index in [-0.39, 0.29) is 34.5 Å². The Morgan fingerprint density at radius 2 is 2.03 bits per heavy atom. The summed E-state index contributed by atoms with van der Waals surface area (Å²) in [4.78, 5) is 34.8. The molecule has 0 saturated carbocycles. The van der Waals surface area contributed by atoms with Crippen molar-refractivity contribution in [1.82, 2.24) is 5.32 Å². The van der Waals surface area contributed by atoms with Crippen LogP contribution in [0.25, 0.3) is 0 Å².